The van der Waals surface area contributed by atoms with Gasteiger partial charge in [0.05, 0.1) is 12.1 Å². The number of rotatable bonds is 10. The minimum atomic E-state index is -4.31. The van der Waals surface area contributed by atoms with E-state index in [4.69, 9.17) is 13.8 Å². The predicted molar refractivity (Wildman–Crippen MR) is 134 cm³/mol. The number of aliphatic hydroxyl groups is 1. The van der Waals surface area contributed by atoms with Crippen LogP contribution in [0.15, 0.2) is 54.6 Å². The average Bonchev–Trinajstić information content (AvgIpc) is 3.16. The van der Waals surface area contributed by atoms with Crippen LogP contribution in [-0.2, 0) is 26.5 Å². The first kappa shape index (κ1) is 23.0. The number of likely N-dealkylation sites (tertiary alicyclic amines) is 1. The lowest BCUT2D eigenvalue weighted by atomic mass is 9.64. The van der Waals surface area contributed by atoms with Gasteiger partial charge in [0.1, 0.15) is 12.2 Å². The molecule has 2 N–H and O–H groups in total. The number of hydrogen-bond acceptors (Lipinski definition) is 6. The van der Waals surface area contributed by atoms with Crippen molar-refractivity contribution >= 4 is 7.82 Å². The summed E-state index contributed by atoms with van der Waals surface area (Å²) < 4.78 is 30.0. The van der Waals surface area contributed by atoms with Crippen LogP contribution in [0.2, 0.25) is 0 Å². The van der Waals surface area contributed by atoms with Crippen molar-refractivity contribution in [2.75, 3.05) is 13.7 Å². The molecule has 1 saturated carbocycles. The van der Waals surface area contributed by atoms with Crippen LogP contribution in [0.1, 0.15) is 48.8 Å². The van der Waals surface area contributed by atoms with Crippen LogP contribution in [-0.4, -0.2) is 46.8 Å². The van der Waals surface area contributed by atoms with Crippen LogP contribution in [0.5, 0.6) is 11.5 Å². The smallest absolute Gasteiger partial charge is 0.482 e. The maximum atomic E-state index is 12.8. The van der Waals surface area contributed by atoms with E-state index in [-0.39, 0.29) is 29.2 Å². The summed E-state index contributed by atoms with van der Waals surface area (Å²) in [6.07, 6.45) is 8.54. The molecule has 2 fully saturated rings. The van der Waals surface area contributed by atoms with Crippen LogP contribution in [0, 0.1) is 5.92 Å². The highest BCUT2D eigenvalue weighted by molar-refractivity contribution is 7.47. The second-order valence-electron chi connectivity index (χ2n) is 11.0. The number of fused-ring (bicyclic) bond motifs is 1. The summed E-state index contributed by atoms with van der Waals surface area (Å²) in [5, 5.41) is 10.8. The van der Waals surface area contributed by atoms with Crippen molar-refractivity contribution in [3.05, 3.63) is 71.3 Å². The Labute approximate surface area is 211 Å². The van der Waals surface area contributed by atoms with E-state index in [1.807, 2.05) is 18.2 Å². The SMILES string of the molecule is CN1C2C3C=CC(O)C4Oc5c(OP(=O)(O)OCCCCCCc6ccccc6)ccc6c5C34CC621. The topological polar surface area (TPSA) is 88.2 Å². The fourth-order valence-electron chi connectivity index (χ4n) is 7.80. The van der Waals surface area contributed by atoms with Gasteiger partial charge in [0, 0.05) is 22.9 Å². The first-order valence-electron chi connectivity index (χ1n) is 13.0. The Hall–Kier alpha value is -2.15. The maximum absolute atomic E-state index is 12.8. The van der Waals surface area contributed by atoms with Gasteiger partial charge in [0.15, 0.2) is 11.5 Å². The van der Waals surface area contributed by atoms with Crippen LogP contribution in [0.25, 0.3) is 0 Å². The van der Waals surface area contributed by atoms with E-state index >= 15 is 0 Å². The first-order valence-corrected chi connectivity index (χ1v) is 14.5. The number of unbranched alkanes of at least 4 members (excludes halogenated alkanes) is 3. The number of piperidine rings is 1. The molecule has 190 valence electrons. The minimum Gasteiger partial charge on any atom is -0.482 e. The van der Waals surface area contributed by atoms with Gasteiger partial charge in [-0.15, -0.1) is 0 Å². The molecule has 5 aliphatic rings. The molecule has 2 aromatic carbocycles. The summed E-state index contributed by atoms with van der Waals surface area (Å²) in [6.45, 7) is 0.160. The van der Waals surface area contributed by atoms with Gasteiger partial charge in [-0.3, -0.25) is 14.3 Å². The molecule has 8 unspecified atom stereocenters. The molecule has 7 nitrogen and oxygen atoms in total. The van der Waals surface area contributed by atoms with Crippen molar-refractivity contribution in [2.45, 2.75) is 67.7 Å². The lowest BCUT2D eigenvalue weighted by Gasteiger charge is -2.40. The lowest BCUT2D eigenvalue weighted by Crippen LogP contribution is -2.51. The molecule has 2 aromatic rings. The third-order valence-electron chi connectivity index (χ3n) is 9.27. The Kier molecular flexibility index (Phi) is 5.06. The number of benzene rings is 2. The van der Waals surface area contributed by atoms with E-state index in [0.29, 0.717) is 18.2 Å². The van der Waals surface area contributed by atoms with E-state index in [1.165, 1.54) is 11.1 Å². The normalized spacial score (nSPS) is 37.2. The van der Waals surface area contributed by atoms with E-state index < -0.39 is 20.0 Å². The molecular formula is C28H32NO6P. The monoisotopic (exact) mass is 509 g/mol. The Morgan fingerprint density at radius 3 is 2.75 bits per heavy atom. The molecule has 2 heterocycles. The summed E-state index contributed by atoms with van der Waals surface area (Å²) >= 11 is 0. The van der Waals surface area contributed by atoms with Crippen molar-refractivity contribution in [3.63, 3.8) is 0 Å². The summed E-state index contributed by atoms with van der Waals surface area (Å²) in [5.41, 5.74) is 3.27. The second kappa shape index (κ2) is 7.92. The fraction of sp³-hybridized carbons (Fsp3) is 0.500. The number of nitrogens with zero attached hydrogens (tertiary/aromatic N) is 1. The number of aryl methyl sites for hydroxylation is 1. The number of aliphatic hydroxyl groups excluding tert-OH is 1. The highest BCUT2D eigenvalue weighted by Crippen LogP contribution is 2.80. The summed E-state index contributed by atoms with van der Waals surface area (Å²) in [7, 11) is -2.16. The lowest BCUT2D eigenvalue weighted by molar-refractivity contribution is 0.00620. The molecule has 8 atom stereocenters. The van der Waals surface area contributed by atoms with Crippen molar-refractivity contribution in [2.24, 2.45) is 5.92 Å². The molecule has 0 radical (unpaired) electrons. The molecular weight excluding hydrogens is 477 g/mol. The molecule has 2 bridgehead atoms. The third kappa shape index (κ3) is 3.04. The zero-order valence-corrected chi connectivity index (χ0v) is 21.3. The number of phosphoric acid groups is 1. The number of phosphoric ester groups is 1. The zero-order chi connectivity index (χ0) is 24.7. The second-order valence-corrected chi connectivity index (χ2v) is 12.4. The van der Waals surface area contributed by atoms with E-state index in [1.54, 1.807) is 6.07 Å². The average molecular weight is 510 g/mol. The minimum absolute atomic E-state index is 0.0242. The van der Waals surface area contributed by atoms with E-state index in [9.17, 15) is 14.6 Å². The van der Waals surface area contributed by atoms with Crippen molar-refractivity contribution in [1.29, 1.82) is 0 Å². The Balaban J connectivity index is 1.01. The van der Waals surface area contributed by atoms with Crippen molar-refractivity contribution in [3.8, 4) is 11.5 Å². The largest absolute Gasteiger partial charge is 0.527 e. The summed E-state index contributed by atoms with van der Waals surface area (Å²) in [4.78, 5) is 12.9. The Morgan fingerprint density at radius 2 is 1.92 bits per heavy atom. The number of likely N-dealkylation sites (N-methyl/N-ethyl adjacent to an activating group) is 1. The van der Waals surface area contributed by atoms with Crippen molar-refractivity contribution < 1.29 is 28.3 Å². The Bertz CT molecular complexity index is 1280. The fourth-order valence-corrected chi connectivity index (χ4v) is 8.60. The highest BCUT2D eigenvalue weighted by atomic mass is 31.2. The molecule has 2 spiro atoms. The summed E-state index contributed by atoms with van der Waals surface area (Å²) in [6, 6.07) is 14.5. The van der Waals surface area contributed by atoms with Gasteiger partial charge in [-0.1, -0.05) is 61.4 Å². The zero-order valence-electron chi connectivity index (χ0n) is 20.4. The maximum Gasteiger partial charge on any atom is 0.527 e. The van der Waals surface area contributed by atoms with Crippen LogP contribution in [0.4, 0.5) is 0 Å². The standard InChI is InChI=1S/C28H32NO6P/c1-29-25-20-12-14-21(30)26-27(20)17-28(25,29)19-13-15-22(24(34-26)23(19)27)35-36(31,32)33-16-8-3-2-5-9-18-10-6-4-7-11-18/h4,6-7,10-15,20-21,25-26,30H,2-3,5,8-9,16-17H2,1H3,(H,31,32). The van der Waals surface area contributed by atoms with Gasteiger partial charge in [-0.2, -0.15) is 0 Å². The number of hydrogen-bond donors (Lipinski definition) is 2. The Morgan fingerprint density at radius 1 is 1.11 bits per heavy atom. The van der Waals surface area contributed by atoms with Gasteiger partial charge in [0.25, 0.3) is 0 Å². The first-order chi connectivity index (χ1) is 17.4. The highest BCUT2D eigenvalue weighted by Gasteiger charge is 2.84. The molecule has 0 aromatic heterocycles. The van der Waals surface area contributed by atoms with E-state index in [2.05, 4.69) is 42.3 Å². The van der Waals surface area contributed by atoms with E-state index in [0.717, 1.165) is 37.7 Å². The van der Waals surface area contributed by atoms with Crippen molar-refractivity contribution in [1.82, 2.24) is 4.90 Å². The predicted octanol–water partition coefficient (Wildman–Crippen LogP) is 4.46. The molecule has 0 amide bonds. The van der Waals surface area contributed by atoms with Gasteiger partial charge >= 0.3 is 7.82 Å². The molecule has 1 saturated heterocycles. The van der Waals surface area contributed by atoms with Crippen LogP contribution < -0.4 is 9.26 Å². The van der Waals surface area contributed by atoms with Gasteiger partial charge in [0.2, 0.25) is 0 Å². The molecule has 36 heavy (non-hydrogen) atoms. The molecule has 2 aliphatic heterocycles. The molecule has 7 rings (SSSR count). The quantitative estimate of drug-likeness (QED) is 0.212. The van der Waals surface area contributed by atoms with Crippen LogP contribution in [0.3, 0.4) is 0 Å². The van der Waals surface area contributed by atoms with Gasteiger partial charge in [-0.05, 0) is 49.9 Å². The van der Waals surface area contributed by atoms with Crippen LogP contribution >= 0.6 is 7.82 Å². The molecule has 8 heteroatoms. The van der Waals surface area contributed by atoms with Gasteiger partial charge < -0.3 is 14.4 Å². The number of ether oxygens (including phenoxy) is 1. The molecule has 3 aliphatic carbocycles. The van der Waals surface area contributed by atoms with Gasteiger partial charge in [-0.25, -0.2) is 4.57 Å². The summed E-state index contributed by atoms with van der Waals surface area (Å²) in [5.74, 6) is 0.986. The third-order valence-corrected chi connectivity index (χ3v) is 10.2.